The van der Waals surface area contributed by atoms with Crippen LogP contribution in [0.15, 0.2) is 24.3 Å². The Morgan fingerprint density at radius 2 is 2.00 bits per heavy atom. The molecule has 0 heterocycles. The van der Waals surface area contributed by atoms with Crippen LogP contribution < -0.4 is 5.32 Å². The van der Waals surface area contributed by atoms with Crippen molar-refractivity contribution in [1.29, 1.82) is 0 Å². The van der Waals surface area contributed by atoms with E-state index >= 15 is 0 Å². The van der Waals surface area contributed by atoms with E-state index in [4.69, 9.17) is 4.74 Å². The van der Waals surface area contributed by atoms with E-state index in [1.807, 2.05) is 12.1 Å². The monoisotopic (exact) mass is 265 g/mol. The van der Waals surface area contributed by atoms with Crippen molar-refractivity contribution in [3.63, 3.8) is 0 Å². The Bertz CT molecular complexity index is 377. The van der Waals surface area contributed by atoms with Crippen molar-refractivity contribution in [2.75, 3.05) is 13.1 Å². The molecule has 3 heteroatoms. The summed E-state index contributed by atoms with van der Waals surface area (Å²) in [5.41, 5.74) is 0.675. The van der Waals surface area contributed by atoms with Gasteiger partial charge in [-0.05, 0) is 25.5 Å². The highest BCUT2D eigenvalue weighted by molar-refractivity contribution is 5.20. The molecule has 1 saturated carbocycles. The maximum absolute atomic E-state index is 13.9. The Morgan fingerprint density at radius 1 is 1.26 bits per heavy atom. The molecule has 1 aliphatic carbocycles. The molecule has 0 aliphatic heterocycles. The largest absolute Gasteiger partial charge is 0.369 e. The maximum Gasteiger partial charge on any atom is 0.129 e. The third-order valence-electron chi connectivity index (χ3n) is 3.74. The third-order valence-corrected chi connectivity index (χ3v) is 3.74. The van der Waals surface area contributed by atoms with Crippen molar-refractivity contribution < 1.29 is 9.13 Å². The number of nitrogens with one attached hydrogen (secondary N) is 1. The lowest BCUT2D eigenvalue weighted by molar-refractivity contribution is -0.0318. The zero-order valence-electron chi connectivity index (χ0n) is 11.7. The molecule has 1 unspecified atom stereocenters. The summed E-state index contributed by atoms with van der Waals surface area (Å²) in [4.78, 5) is 0. The van der Waals surface area contributed by atoms with E-state index in [1.165, 1.54) is 25.3 Å². The van der Waals surface area contributed by atoms with Crippen LogP contribution in [-0.2, 0) is 4.74 Å². The number of halogens is 1. The van der Waals surface area contributed by atoms with Crippen LogP contribution in [-0.4, -0.2) is 19.2 Å². The van der Waals surface area contributed by atoms with E-state index in [0.29, 0.717) is 12.1 Å². The Labute approximate surface area is 115 Å². The van der Waals surface area contributed by atoms with Gasteiger partial charge in [-0.2, -0.15) is 0 Å². The van der Waals surface area contributed by atoms with Crippen LogP contribution in [0.25, 0.3) is 0 Å². The smallest absolute Gasteiger partial charge is 0.129 e. The van der Waals surface area contributed by atoms with Crippen LogP contribution in [0.3, 0.4) is 0 Å². The number of benzene rings is 1. The van der Waals surface area contributed by atoms with Gasteiger partial charge in [-0.3, -0.25) is 0 Å². The summed E-state index contributed by atoms with van der Waals surface area (Å²) >= 11 is 0. The number of hydrogen-bond acceptors (Lipinski definition) is 2. The number of likely N-dealkylation sites (N-methyl/N-ethyl adjacent to an activating group) is 1. The van der Waals surface area contributed by atoms with Crippen LogP contribution in [0, 0.1) is 5.82 Å². The fourth-order valence-electron chi connectivity index (χ4n) is 2.68. The second-order valence-corrected chi connectivity index (χ2v) is 5.21. The molecule has 1 atom stereocenters. The molecule has 0 saturated heterocycles. The minimum Gasteiger partial charge on any atom is -0.369 e. The van der Waals surface area contributed by atoms with E-state index in [0.717, 1.165) is 19.4 Å². The van der Waals surface area contributed by atoms with Crippen molar-refractivity contribution in [1.82, 2.24) is 5.32 Å². The SMILES string of the molecule is CCNCC(OC1CCCCC1)c1ccccc1F. The topological polar surface area (TPSA) is 21.3 Å². The van der Waals surface area contributed by atoms with E-state index in [2.05, 4.69) is 12.2 Å². The molecule has 1 N–H and O–H groups in total. The van der Waals surface area contributed by atoms with Gasteiger partial charge in [0.15, 0.2) is 0 Å². The molecule has 1 aromatic carbocycles. The van der Waals surface area contributed by atoms with E-state index in [-0.39, 0.29) is 18.0 Å². The summed E-state index contributed by atoms with van der Waals surface area (Å²) in [6.45, 7) is 3.60. The van der Waals surface area contributed by atoms with Crippen LogP contribution in [0.1, 0.15) is 50.7 Å². The lowest BCUT2D eigenvalue weighted by Crippen LogP contribution is -2.28. The van der Waals surface area contributed by atoms with Gasteiger partial charge in [-0.1, -0.05) is 44.4 Å². The summed E-state index contributed by atoms with van der Waals surface area (Å²) < 4.78 is 20.1. The van der Waals surface area contributed by atoms with Gasteiger partial charge in [-0.25, -0.2) is 4.39 Å². The number of hydrogen-bond donors (Lipinski definition) is 1. The second-order valence-electron chi connectivity index (χ2n) is 5.21. The predicted molar refractivity (Wildman–Crippen MR) is 75.6 cm³/mol. The van der Waals surface area contributed by atoms with Gasteiger partial charge in [0.1, 0.15) is 5.82 Å². The molecular weight excluding hydrogens is 241 g/mol. The Balaban J connectivity index is 2.04. The lowest BCUT2D eigenvalue weighted by Gasteiger charge is -2.28. The lowest BCUT2D eigenvalue weighted by atomic mass is 9.97. The van der Waals surface area contributed by atoms with Crippen LogP contribution in [0.4, 0.5) is 4.39 Å². The Morgan fingerprint density at radius 3 is 2.68 bits per heavy atom. The van der Waals surface area contributed by atoms with Gasteiger partial charge in [0.05, 0.1) is 12.2 Å². The minimum atomic E-state index is -0.177. The summed E-state index contributed by atoms with van der Waals surface area (Å²) in [6, 6.07) is 6.95. The Kier molecular flexibility index (Phi) is 5.80. The van der Waals surface area contributed by atoms with Gasteiger partial charge in [0, 0.05) is 12.1 Å². The minimum absolute atomic E-state index is 0.166. The normalized spacial score (nSPS) is 18.4. The molecule has 2 rings (SSSR count). The summed E-state index contributed by atoms with van der Waals surface area (Å²) in [5.74, 6) is -0.166. The quantitative estimate of drug-likeness (QED) is 0.844. The predicted octanol–water partition coefficient (Wildman–Crippen LogP) is 3.83. The highest BCUT2D eigenvalue weighted by atomic mass is 19.1. The van der Waals surface area contributed by atoms with E-state index in [1.54, 1.807) is 6.07 Å². The molecule has 0 radical (unpaired) electrons. The molecule has 1 fully saturated rings. The van der Waals surface area contributed by atoms with Crippen molar-refractivity contribution in [2.24, 2.45) is 0 Å². The standard InChI is InChI=1S/C16H24FNO/c1-2-18-12-16(14-10-6-7-11-15(14)17)19-13-8-4-3-5-9-13/h6-7,10-11,13,16,18H,2-5,8-9,12H2,1H3. The van der Waals surface area contributed by atoms with E-state index in [9.17, 15) is 4.39 Å². The first-order chi connectivity index (χ1) is 9.31. The fraction of sp³-hybridized carbons (Fsp3) is 0.625. The Hall–Kier alpha value is -0.930. The zero-order valence-corrected chi connectivity index (χ0v) is 11.7. The van der Waals surface area contributed by atoms with Gasteiger partial charge < -0.3 is 10.1 Å². The molecule has 1 aliphatic rings. The van der Waals surface area contributed by atoms with Gasteiger partial charge in [0.25, 0.3) is 0 Å². The molecule has 0 amide bonds. The third kappa shape index (κ3) is 4.29. The average Bonchev–Trinajstić information content (AvgIpc) is 2.45. The summed E-state index contributed by atoms with van der Waals surface area (Å²) in [6.07, 6.45) is 6.10. The highest BCUT2D eigenvalue weighted by Crippen LogP contribution is 2.27. The molecule has 0 aromatic heterocycles. The number of rotatable bonds is 6. The van der Waals surface area contributed by atoms with Crippen molar-refractivity contribution >= 4 is 0 Å². The maximum atomic E-state index is 13.9. The average molecular weight is 265 g/mol. The first-order valence-corrected chi connectivity index (χ1v) is 7.42. The van der Waals surface area contributed by atoms with Crippen molar-refractivity contribution in [3.8, 4) is 0 Å². The molecule has 0 spiro atoms. The summed E-state index contributed by atoms with van der Waals surface area (Å²) in [5, 5.41) is 3.27. The van der Waals surface area contributed by atoms with Crippen LogP contribution in [0.2, 0.25) is 0 Å². The van der Waals surface area contributed by atoms with Crippen LogP contribution in [0.5, 0.6) is 0 Å². The molecule has 2 nitrogen and oxygen atoms in total. The molecule has 0 bridgehead atoms. The van der Waals surface area contributed by atoms with Crippen molar-refractivity contribution in [2.45, 2.75) is 51.2 Å². The zero-order chi connectivity index (χ0) is 13.5. The van der Waals surface area contributed by atoms with Gasteiger partial charge in [-0.15, -0.1) is 0 Å². The van der Waals surface area contributed by atoms with E-state index < -0.39 is 0 Å². The summed E-state index contributed by atoms with van der Waals surface area (Å²) in [7, 11) is 0. The fourth-order valence-corrected chi connectivity index (χ4v) is 2.68. The van der Waals surface area contributed by atoms with Crippen molar-refractivity contribution in [3.05, 3.63) is 35.6 Å². The molecule has 106 valence electrons. The first kappa shape index (κ1) is 14.5. The molecule has 19 heavy (non-hydrogen) atoms. The van der Waals surface area contributed by atoms with Gasteiger partial charge >= 0.3 is 0 Å². The van der Waals surface area contributed by atoms with Crippen LogP contribution >= 0.6 is 0 Å². The van der Waals surface area contributed by atoms with Gasteiger partial charge in [0.2, 0.25) is 0 Å². The second kappa shape index (κ2) is 7.61. The highest BCUT2D eigenvalue weighted by Gasteiger charge is 2.22. The number of ether oxygens (including phenoxy) is 1. The molecule has 1 aromatic rings. The molecular formula is C16H24FNO. The first-order valence-electron chi connectivity index (χ1n) is 7.42.